The Hall–Kier alpha value is -0.340. The van der Waals surface area contributed by atoms with Crippen molar-refractivity contribution in [3.63, 3.8) is 0 Å². The molecule has 0 aliphatic carbocycles. The lowest BCUT2D eigenvalue weighted by atomic mass is 10.0. The SMILES string of the molecule is CCCCCC[N+]1(CCCC)CCCCC1.O=S(=O)([O-])C(F)(F)F. The Bertz CT molecular complexity index is 419. The third-order valence-corrected chi connectivity index (χ3v) is 5.09. The molecule has 1 saturated heterocycles. The molecular formula is C16H32F3NO3S. The Morgan fingerprint density at radius 3 is 1.75 bits per heavy atom. The van der Waals surface area contributed by atoms with Gasteiger partial charge in [0.25, 0.3) is 0 Å². The Kier molecular flexibility index (Phi) is 11.1. The fourth-order valence-electron chi connectivity index (χ4n) is 3.11. The third kappa shape index (κ3) is 9.84. The lowest BCUT2D eigenvalue weighted by Crippen LogP contribution is -2.52. The molecule has 1 aliphatic heterocycles. The summed E-state index contributed by atoms with van der Waals surface area (Å²) >= 11 is 0. The van der Waals surface area contributed by atoms with E-state index in [9.17, 15) is 13.2 Å². The van der Waals surface area contributed by atoms with Gasteiger partial charge in [0.1, 0.15) is 0 Å². The molecule has 0 aromatic rings. The first kappa shape index (κ1) is 23.7. The van der Waals surface area contributed by atoms with Gasteiger partial charge in [-0.25, -0.2) is 8.42 Å². The van der Waals surface area contributed by atoms with Gasteiger partial charge in [-0.15, -0.1) is 0 Å². The molecular weight excluding hydrogens is 343 g/mol. The molecule has 0 N–H and O–H groups in total. The maximum atomic E-state index is 10.7. The second kappa shape index (κ2) is 11.3. The minimum atomic E-state index is -6.09. The Labute approximate surface area is 144 Å². The molecule has 0 unspecified atom stereocenters. The molecule has 0 aromatic heterocycles. The zero-order valence-corrected chi connectivity index (χ0v) is 15.7. The van der Waals surface area contributed by atoms with Crippen molar-refractivity contribution < 1.29 is 30.6 Å². The average Bonchev–Trinajstić information content (AvgIpc) is 2.49. The van der Waals surface area contributed by atoms with E-state index in [1.165, 1.54) is 88.4 Å². The van der Waals surface area contributed by atoms with Crippen LogP contribution in [0, 0.1) is 0 Å². The molecule has 24 heavy (non-hydrogen) atoms. The van der Waals surface area contributed by atoms with Crippen LogP contribution in [0.25, 0.3) is 0 Å². The number of piperidine rings is 1. The number of alkyl halides is 3. The monoisotopic (exact) mass is 375 g/mol. The first-order valence-electron chi connectivity index (χ1n) is 8.95. The number of nitrogens with zero attached hydrogens (tertiary/aromatic N) is 1. The molecule has 0 spiro atoms. The van der Waals surface area contributed by atoms with Gasteiger partial charge in [0.05, 0.1) is 26.2 Å². The van der Waals surface area contributed by atoms with Gasteiger partial charge in [0.2, 0.25) is 0 Å². The van der Waals surface area contributed by atoms with Crippen LogP contribution >= 0.6 is 0 Å². The number of halogens is 3. The predicted molar refractivity (Wildman–Crippen MR) is 88.4 cm³/mol. The zero-order chi connectivity index (χ0) is 18.7. The molecule has 1 aliphatic rings. The van der Waals surface area contributed by atoms with Crippen LogP contribution in [0.4, 0.5) is 13.2 Å². The number of hydrogen-bond donors (Lipinski definition) is 0. The van der Waals surface area contributed by atoms with E-state index in [0.29, 0.717) is 0 Å². The van der Waals surface area contributed by atoms with E-state index in [1.807, 2.05) is 0 Å². The molecule has 1 rings (SSSR count). The van der Waals surface area contributed by atoms with Crippen molar-refractivity contribution in [1.29, 1.82) is 0 Å². The summed E-state index contributed by atoms with van der Waals surface area (Å²) in [5, 5.41) is 0. The molecule has 4 nitrogen and oxygen atoms in total. The molecule has 146 valence electrons. The molecule has 0 aromatic carbocycles. The summed E-state index contributed by atoms with van der Waals surface area (Å²) in [6, 6.07) is 0. The van der Waals surface area contributed by atoms with Crippen LogP contribution in [0.5, 0.6) is 0 Å². The Morgan fingerprint density at radius 2 is 1.33 bits per heavy atom. The summed E-state index contributed by atoms with van der Waals surface area (Å²) in [4.78, 5) is 0. The van der Waals surface area contributed by atoms with Crippen LogP contribution in [-0.2, 0) is 10.1 Å². The molecule has 0 amide bonds. The fourth-order valence-corrected chi connectivity index (χ4v) is 3.11. The minimum Gasteiger partial charge on any atom is -0.741 e. The van der Waals surface area contributed by atoms with Gasteiger partial charge in [0.15, 0.2) is 10.1 Å². The van der Waals surface area contributed by atoms with Crippen molar-refractivity contribution in [3.05, 3.63) is 0 Å². The molecule has 0 atom stereocenters. The lowest BCUT2D eigenvalue weighted by molar-refractivity contribution is -0.932. The molecule has 1 heterocycles. The summed E-state index contributed by atoms with van der Waals surface area (Å²) in [7, 11) is -6.09. The highest BCUT2D eigenvalue weighted by molar-refractivity contribution is 7.86. The Balaban J connectivity index is 0.000000561. The molecule has 0 saturated carbocycles. The molecule has 0 bridgehead atoms. The van der Waals surface area contributed by atoms with Gasteiger partial charge in [-0.1, -0.05) is 33.1 Å². The van der Waals surface area contributed by atoms with Crippen LogP contribution in [0.1, 0.15) is 71.6 Å². The summed E-state index contributed by atoms with van der Waals surface area (Å²) in [5.41, 5.74) is -5.65. The summed E-state index contributed by atoms with van der Waals surface area (Å²) in [5.74, 6) is 0. The largest absolute Gasteiger partial charge is 0.741 e. The van der Waals surface area contributed by atoms with Gasteiger partial charge < -0.3 is 9.04 Å². The maximum Gasteiger partial charge on any atom is 0.485 e. The second-order valence-corrected chi connectivity index (χ2v) is 7.98. The number of likely N-dealkylation sites (tertiary alicyclic amines) is 1. The smallest absolute Gasteiger partial charge is 0.485 e. The van der Waals surface area contributed by atoms with Crippen LogP contribution in [0.2, 0.25) is 0 Å². The minimum absolute atomic E-state index is 1.37. The van der Waals surface area contributed by atoms with E-state index in [0.717, 1.165) is 0 Å². The third-order valence-electron chi connectivity index (χ3n) is 4.52. The summed E-state index contributed by atoms with van der Waals surface area (Å²) < 4.78 is 60.4. The van der Waals surface area contributed by atoms with Crippen molar-refractivity contribution in [2.45, 2.75) is 77.1 Å². The van der Waals surface area contributed by atoms with Crippen molar-refractivity contribution in [2.24, 2.45) is 0 Å². The van der Waals surface area contributed by atoms with Crippen LogP contribution in [0.3, 0.4) is 0 Å². The number of rotatable bonds is 8. The molecule has 1 fully saturated rings. The second-order valence-electron chi connectivity index (χ2n) is 6.61. The molecule has 0 radical (unpaired) electrons. The lowest BCUT2D eigenvalue weighted by Gasteiger charge is -2.42. The maximum absolute atomic E-state index is 10.7. The number of quaternary nitrogens is 1. The van der Waals surface area contributed by atoms with E-state index < -0.39 is 15.6 Å². The quantitative estimate of drug-likeness (QED) is 0.273. The van der Waals surface area contributed by atoms with E-state index in [-0.39, 0.29) is 0 Å². The normalized spacial score (nSPS) is 17.9. The van der Waals surface area contributed by atoms with Crippen LogP contribution in [-0.4, -0.2) is 49.1 Å². The topological polar surface area (TPSA) is 57.2 Å². The van der Waals surface area contributed by atoms with Gasteiger partial charge in [-0.2, -0.15) is 13.2 Å². The first-order chi connectivity index (χ1) is 11.1. The van der Waals surface area contributed by atoms with Gasteiger partial charge in [-0.05, 0) is 38.5 Å². The van der Waals surface area contributed by atoms with E-state index in [4.69, 9.17) is 13.0 Å². The van der Waals surface area contributed by atoms with Crippen LogP contribution < -0.4 is 0 Å². The number of hydrogen-bond acceptors (Lipinski definition) is 3. The van der Waals surface area contributed by atoms with E-state index in [1.54, 1.807) is 0 Å². The van der Waals surface area contributed by atoms with Crippen molar-refractivity contribution in [1.82, 2.24) is 0 Å². The highest BCUT2D eigenvalue weighted by atomic mass is 32.2. The summed E-state index contributed by atoms with van der Waals surface area (Å²) in [6.07, 6.45) is 13.0. The fraction of sp³-hybridized carbons (Fsp3) is 1.00. The van der Waals surface area contributed by atoms with Crippen LogP contribution in [0.15, 0.2) is 0 Å². The van der Waals surface area contributed by atoms with Crippen molar-refractivity contribution in [2.75, 3.05) is 26.2 Å². The zero-order valence-electron chi connectivity index (χ0n) is 14.9. The first-order valence-corrected chi connectivity index (χ1v) is 10.4. The van der Waals surface area contributed by atoms with Gasteiger partial charge in [-0.3, -0.25) is 0 Å². The van der Waals surface area contributed by atoms with E-state index in [2.05, 4.69) is 13.8 Å². The predicted octanol–water partition coefficient (Wildman–Crippen LogP) is 4.42. The van der Waals surface area contributed by atoms with E-state index >= 15 is 0 Å². The highest BCUT2D eigenvalue weighted by Crippen LogP contribution is 2.22. The van der Waals surface area contributed by atoms with Crippen molar-refractivity contribution in [3.8, 4) is 0 Å². The Morgan fingerprint density at radius 1 is 0.875 bits per heavy atom. The van der Waals surface area contributed by atoms with Gasteiger partial charge >= 0.3 is 5.51 Å². The standard InChI is InChI=1S/C15H32N.CHF3O3S/c1-3-5-7-9-13-16(12-6-4-2)14-10-8-11-15-16;2-1(3,4)8(5,6)7/h3-15H2,1-2H3;(H,5,6,7)/q+1;/p-1. The number of unbranched alkanes of at least 4 members (excludes halogenated alkanes) is 4. The highest BCUT2D eigenvalue weighted by Gasteiger charge is 2.36. The van der Waals surface area contributed by atoms with Gasteiger partial charge in [0, 0.05) is 0 Å². The molecule has 8 heteroatoms. The van der Waals surface area contributed by atoms with Crippen molar-refractivity contribution >= 4 is 10.1 Å². The average molecular weight is 375 g/mol. The summed E-state index contributed by atoms with van der Waals surface area (Å²) in [6.45, 7) is 10.5.